The summed E-state index contributed by atoms with van der Waals surface area (Å²) in [5.41, 5.74) is 1.56. The zero-order valence-corrected chi connectivity index (χ0v) is 11.5. The number of carbonyl (C=O) groups excluding carboxylic acids is 1. The van der Waals surface area contributed by atoms with Gasteiger partial charge in [0.05, 0.1) is 0 Å². The Morgan fingerprint density at radius 1 is 1.21 bits per heavy atom. The molecule has 98 valence electrons. The highest BCUT2D eigenvalue weighted by Gasteiger charge is 2.09. The number of rotatable bonds is 2. The number of amides is 1. The number of hydrogen-bond donors (Lipinski definition) is 2. The molecule has 0 saturated carbocycles. The maximum Gasteiger partial charge on any atom is 0.255 e. The molecule has 0 aliphatic rings. The highest BCUT2D eigenvalue weighted by atomic mass is 35.5. The van der Waals surface area contributed by atoms with Crippen molar-refractivity contribution in [1.82, 2.24) is 4.98 Å². The first kappa shape index (κ1) is 13.6. The minimum atomic E-state index is -0.351. The predicted molar refractivity (Wildman–Crippen MR) is 75.1 cm³/mol. The van der Waals surface area contributed by atoms with Crippen LogP contribution in [0.5, 0.6) is 5.75 Å². The van der Waals surface area contributed by atoms with Gasteiger partial charge in [-0.2, -0.15) is 0 Å². The average Bonchev–Trinajstić information content (AvgIpc) is 2.32. The van der Waals surface area contributed by atoms with E-state index in [1.165, 1.54) is 18.2 Å². The molecular weight excluding hydrogens is 287 g/mol. The number of aromatic hydroxyl groups is 1. The maximum atomic E-state index is 12.0. The number of nitrogens with one attached hydrogen (secondary N) is 1. The normalized spacial score (nSPS) is 10.3. The van der Waals surface area contributed by atoms with E-state index in [4.69, 9.17) is 23.2 Å². The molecule has 0 fully saturated rings. The molecule has 0 spiro atoms. The number of aryl methyl sites for hydroxylation is 1. The number of carbonyl (C=O) groups is 1. The molecule has 4 nitrogen and oxygen atoms in total. The van der Waals surface area contributed by atoms with E-state index in [1.54, 1.807) is 19.1 Å². The quantitative estimate of drug-likeness (QED) is 0.657. The van der Waals surface area contributed by atoms with Crippen molar-refractivity contribution < 1.29 is 9.90 Å². The zero-order valence-electron chi connectivity index (χ0n) is 9.95. The van der Waals surface area contributed by atoms with E-state index in [2.05, 4.69) is 10.3 Å². The van der Waals surface area contributed by atoms with Gasteiger partial charge in [-0.1, -0.05) is 23.2 Å². The van der Waals surface area contributed by atoms with Crippen LogP contribution in [0, 0.1) is 6.92 Å². The number of anilines is 1. The summed E-state index contributed by atoms with van der Waals surface area (Å²) >= 11 is 11.5. The second-order valence-corrected chi connectivity index (χ2v) is 4.73. The highest BCUT2D eigenvalue weighted by Crippen LogP contribution is 2.21. The lowest BCUT2D eigenvalue weighted by molar-refractivity contribution is 0.102. The molecule has 0 aliphatic heterocycles. The second kappa shape index (κ2) is 5.47. The van der Waals surface area contributed by atoms with E-state index in [0.29, 0.717) is 16.8 Å². The number of hydrogen-bond acceptors (Lipinski definition) is 3. The minimum absolute atomic E-state index is 0.152. The summed E-state index contributed by atoms with van der Waals surface area (Å²) in [5.74, 6) is -0.177. The topological polar surface area (TPSA) is 62.2 Å². The van der Waals surface area contributed by atoms with Crippen LogP contribution in [0.25, 0.3) is 0 Å². The molecule has 6 heteroatoms. The molecule has 0 unspecified atom stereocenters. The summed E-state index contributed by atoms with van der Waals surface area (Å²) < 4.78 is 0. The monoisotopic (exact) mass is 296 g/mol. The van der Waals surface area contributed by atoms with Crippen LogP contribution in [0.15, 0.2) is 30.3 Å². The van der Waals surface area contributed by atoms with Gasteiger partial charge in [0.1, 0.15) is 16.1 Å². The highest BCUT2D eigenvalue weighted by molar-refractivity contribution is 6.33. The minimum Gasteiger partial charge on any atom is -0.508 e. The molecular formula is C13H10Cl2N2O2. The van der Waals surface area contributed by atoms with Crippen LogP contribution in [-0.4, -0.2) is 16.0 Å². The van der Waals surface area contributed by atoms with Crippen LogP contribution in [0.3, 0.4) is 0 Å². The number of aromatic nitrogens is 1. The molecule has 1 amide bonds. The van der Waals surface area contributed by atoms with Crippen molar-refractivity contribution in [3.63, 3.8) is 0 Å². The first-order chi connectivity index (χ1) is 8.95. The first-order valence-electron chi connectivity index (χ1n) is 5.40. The molecule has 1 heterocycles. The summed E-state index contributed by atoms with van der Waals surface area (Å²) in [6, 6.07) is 7.63. The summed E-state index contributed by atoms with van der Waals surface area (Å²) in [4.78, 5) is 15.8. The van der Waals surface area contributed by atoms with E-state index in [0.717, 1.165) is 0 Å². The number of phenols is 1. The fourth-order valence-electron chi connectivity index (χ4n) is 1.53. The second-order valence-electron chi connectivity index (χ2n) is 3.96. The van der Waals surface area contributed by atoms with Crippen LogP contribution in [0.2, 0.25) is 10.3 Å². The fraction of sp³-hybridized carbons (Fsp3) is 0.0769. The van der Waals surface area contributed by atoms with Crippen molar-refractivity contribution in [3.8, 4) is 5.75 Å². The molecule has 0 bridgehead atoms. The van der Waals surface area contributed by atoms with Gasteiger partial charge in [0, 0.05) is 11.3 Å². The van der Waals surface area contributed by atoms with Crippen LogP contribution >= 0.6 is 23.2 Å². The molecule has 2 aromatic rings. The van der Waals surface area contributed by atoms with Gasteiger partial charge >= 0.3 is 0 Å². The lowest BCUT2D eigenvalue weighted by Gasteiger charge is -2.07. The Bertz CT molecular complexity index is 624. The largest absolute Gasteiger partial charge is 0.508 e. The van der Waals surface area contributed by atoms with E-state index >= 15 is 0 Å². The number of halogens is 2. The van der Waals surface area contributed by atoms with E-state index in [9.17, 15) is 9.90 Å². The average molecular weight is 297 g/mol. The molecule has 0 atom stereocenters. The van der Waals surface area contributed by atoms with Gasteiger partial charge < -0.3 is 10.4 Å². The van der Waals surface area contributed by atoms with Crippen molar-refractivity contribution in [1.29, 1.82) is 0 Å². The number of phenolic OH excluding ortho intramolecular Hbond substituents is 1. The summed E-state index contributed by atoms with van der Waals surface area (Å²) in [6.07, 6.45) is 0. The van der Waals surface area contributed by atoms with Crippen LogP contribution in [-0.2, 0) is 0 Å². The Hall–Kier alpha value is -1.78. The van der Waals surface area contributed by atoms with Gasteiger partial charge in [-0.05, 0) is 42.8 Å². The van der Waals surface area contributed by atoms with Gasteiger partial charge in [0.25, 0.3) is 5.91 Å². The Balaban J connectivity index is 2.22. The lowest BCUT2D eigenvalue weighted by atomic mass is 10.2. The smallest absolute Gasteiger partial charge is 0.255 e. The number of nitrogens with zero attached hydrogens (tertiary/aromatic N) is 1. The van der Waals surface area contributed by atoms with Gasteiger partial charge in [-0.25, -0.2) is 4.98 Å². The molecule has 0 radical (unpaired) electrons. The summed E-state index contributed by atoms with van der Waals surface area (Å²) in [6.45, 7) is 1.74. The van der Waals surface area contributed by atoms with E-state index in [-0.39, 0.29) is 22.0 Å². The van der Waals surface area contributed by atoms with E-state index < -0.39 is 0 Å². The molecule has 1 aromatic carbocycles. The van der Waals surface area contributed by atoms with Crippen molar-refractivity contribution in [2.45, 2.75) is 6.92 Å². The third kappa shape index (κ3) is 3.36. The van der Waals surface area contributed by atoms with Crippen LogP contribution in [0.1, 0.15) is 15.9 Å². The Morgan fingerprint density at radius 3 is 2.42 bits per heavy atom. The van der Waals surface area contributed by atoms with Crippen molar-refractivity contribution in [2.24, 2.45) is 0 Å². The standard InChI is InChI=1S/C13H10Cl2N2O2/c1-7-4-9(2-3-10(7)18)16-13(19)8-5-11(14)17-12(15)6-8/h2-6,18H,1H3,(H,16,19). The van der Waals surface area contributed by atoms with Crippen LogP contribution in [0.4, 0.5) is 5.69 Å². The number of benzene rings is 1. The fourth-order valence-corrected chi connectivity index (χ4v) is 1.99. The Kier molecular flexibility index (Phi) is 3.93. The zero-order chi connectivity index (χ0) is 14.0. The van der Waals surface area contributed by atoms with Gasteiger partial charge in [-0.3, -0.25) is 4.79 Å². The van der Waals surface area contributed by atoms with Gasteiger partial charge in [-0.15, -0.1) is 0 Å². The Morgan fingerprint density at radius 2 is 1.84 bits per heavy atom. The number of pyridine rings is 1. The molecule has 2 N–H and O–H groups in total. The maximum absolute atomic E-state index is 12.0. The lowest BCUT2D eigenvalue weighted by Crippen LogP contribution is -2.12. The van der Waals surface area contributed by atoms with Crippen molar-refractivity contribution in [2.75, 3.05) is 5.32 Å². The van der Waals surface area contributed by atoms with Crippen molar-refractivity contribution >= 4 is 34.8 Å². The third-order valence-electron chi connectivity index (χ3n) is 2.48. The van der Waals surface area contributed by atoms with Gasteiger partial charge in [0.2, 0.25) is 0 Å². The molecule has 19 heavy (non-hydrogen) atoms. The predicted octanol–water partition coefficient (Wildman–Crippen LogP) is 3.65. The van der Waals surface area contributed by atoms with E-state index in [1.807, 2.05) is 0 Å². The third-order valence-corrected chi connectivity index (χ3v) is 2.87. The molecule has 1 aromatic heterocycles. The summed E-state index contributed by atoms with van der Waals surface area (Å²) in [7, 11) is 0. The molecule has 0 aliphatic carbocycles. The summed E-state index contributed by atoms with van der Waals surface area (Å²) in [5, 5.41) is 12.4. The molecule has 0 saturated heterocycles. The van der Waals surface area contributed by atoms with Crippen LogP contribution < -0.4 is 5.32 Å². The van der Waals surface area contributed by atoms with Crippen molar-refractivity contribution in [3.05, 3.63) is 51.8 Å². The van der Waals surface area contributed by atoms with Gasteiger partial charge in [0.15, 0.2) is 0 Å². The molecule has 2 rings (SSSR count). The Labute approximate surface area is 120 Å². The first-order valence-corrected chi connectivity index (χ1v) is 6.15. The SMILES string of the molecule is Cc1cc(NC(=O)c2cc(Cl)nc(Cl)c2)ccc1O.